The Bertz CT molecular complexity index is 686. The highest BCUT2D eigenvalue weighted by Crippen LogP contribution is 2.37. The molecule has 2 aromatic rings. The van der Waals surface area contributed by atoms with Crippen molar-refractivity contribution in [3.63, 3.8) is 0 Å². The van der Waals surface area contributed by atoms with Gasteiger partial charge in [-0.3, -0.25) is 9.69 Å². The van der Waals surface area contributed by atoms with E-state index >= 15 is 0 Å². The summed E-state index contributed by atoms with van der Waals surface area (Å²) < 4.78 is 5.80. The minimum absolute atomic E-state index is 0.0158. The van der Waals surface area contributed by atoms with Crippen LogP contribution in [0.15, 0.2) is 24.3 Å². The van der Waals surface area contributed by atoms with Crippen LogP contribution >= 0.6 is 34.3 Å². The van der Waals surface area contributed by atoms with Crippen LogP contribution in [0.3, 0.4) is 0 Å². The van der Waals surface area contributed by atoms with Gasteiger partial charge in [-0.05, 0) is 43.7 Å². The molecule has 2 aromatic heterocycles. The molecule has 1 N–H and O–H groups in total. The molecule has 1 amide bonds. The SMILES string of the molecule is COCCNC(=O)c1ccc(C2CCCN2Cc2ccc(Cl)s2)s1. The lowest BCUT2D eigenvalue weighted by Crippen LogP contribution is -2.26. The molecule has 24 heavy (non-hydrogen) atoms. The van der Waals surface area contributed by atoms with Crippen LogP contribution < -0.4 is 5.32 Å². The van der Waals surface area contributed by atoms with Crippen LogP contribution in [0.25, 0.3) is 0 Å². The van der Waals surface area contributed by atoms with Gasteiger partial charge in [0, 0.05) is 36.0 Å². The fourth-order valence-corrected chi connectivity index (χ4v) is 5.19. The molecule has 1 unspecified atom stereocenters. The van der Waals surface area contributed by atoms with Crippen LogP contribution in [0.4, 0.5) is 0 Å². The van der Waals surface area contributed by atoms with Crippen LogP contribution in [0.2, 0.25) is 4.34 Å². The van der Waals surface area contributed by atoms with Crippen molar-refractivity contribution in [2.75, 3.05) is 26.8 Å². The molecule has 0 bridgehead atoms. The summed E-state index contributed by atoms with van der Waals surface area (Å²) in [4.78, 5) is 18.0. The summed E-state index contributed by atoms with van der Waals surface area (Å²) >= 11 is 9.28. The molecule has 1 aliphatic rings. The van der Waals surface area contributed by atoms with E-state index in [1.165, 1.54) is 16.2 Å². The lowest BCUT2D eigenvalue weighted by atomic mass is 10.2. The minimum atomic E-state index is -0.0158. The molecule has 0 aromatic carbocycles. The Balaban J connectivity index is 1.63. The number of rotatable bonds is 7. The normalized spacial score (nSPS) is 18.2. The van der Waals surface area contributed by atoms with Gasteiger partial charge in [0.15, 0.2) is 0 Å². The Morgan fingerprint density at radius 2 is 2.25 bits per heavy atom. The van der Waals surface area contributed by atoms with Crippen molar-refractivity contribution in [2.24, 2.45) is 0 Å². The van der Waals surface area contributed by atoms with Gasteiger partial charge in [0.05, 0.1) is 15.8 Å². The quantitative estimate of drug-likeness (QED) is 0.728. The van der Waals surface area contributed by atoms with Gasteiger partial charge in [0.2, 0.25) is 0 Å². The van der Waals surface area contributed by atoms with E-state index in [4.69, 9.17) is 16.3 Å². The Morgan fingerprint density at radius 3 is 3.00 bits per heavy atom. The maximum atomic E-state index is 12.1. The highest BCUT2D eigenvalue weighted by Gasteiger charge is 2.28. The fourth-order valence-electron chi connectivity index (χ4n) is 2.98. The van der Waals surface area contributed by atoms with E-state index in [2.05, 4.69) is 22.3 Å². The molecule has 0 radical (unpaired) electrons. The number of hydrogen-bond acceptors (Lipinski definition) is 5. The van der Waals surface area contributed by atoms with Gasteiger partial charge < -0.3 is 10.1 Å². The number of nitrogens with one attached hydrogen (secondary N) is 1. The van der Waals surface area contributed by atoms with Crippen LogP contribution in [-0.2, 0) is 11.3 Å². The molecular weight excluding hydrogens is 364 g/mol. The maximum Gasteiger partial charge on any atom is 0.261 e. The Kier molecular flexibility index (Phi) is 6.30. The number of amides is 1. The summed E-state index contributed by atoms with van der Waals surface area (Å²) in [6, 6.07) is 8.49. The lowest BCUT2D eigenvalue weighted by Gasteiger charge is -2.22. The van der Waals surface area contributed by atoms with E-state index in [0.29, 0.717) is 19.2 Å². The van der Waals surface area contributed by atoms with Crippen molar-refractivity contribution in [2.45, 2.75) is 25.4 Å². The first-order valence-corrected chi connectivity index (χ1v) is 10.0. The molecule has 0 aliphatic carbocycles. The Labute approximate surface area is 155 Å². The third-order valence-electron chi connectivity index (χ3n) is 4.12. The number of hydrogen-bond donors (Lipinski definition) is 1. The van der Waals surface area contributed by atoms with Crippen molar-refractivity contribution < 1.29 is 9.53 Å². The summed E-state index contributed by atoms with van der Waals surface area (Å²) in [7, 11) is 1.63. The number of halogens is 1. The van der Waals surface area contributed by atoms with E-state index in [1.807, 2.05) is 12.1 Å². The van der Waals surface area contributed by atoms with E-state index < -0.39 is 0 Å². The van der Waals surface area contributed by atoms with Crippen LogP contribution in [-0.4, -0.2) is 37.6 Å². The third kappa shape index (κ3) is 4.37. The van der Waals surface area contributed by atoms with E-state index in [0.717, 1.165) is 28.7 Å². The molecule has 4 nitrogen and oxygen atoms in total. The van der Waals surface area contributed by atoms with Crippen molar-refractivity contribution >= 4 is 40.2 Å². The molecule has 3 rings (SSSR count). The molecule has 130 valence electrons. The molecule has 7 heteroatoms. The molecule has 3 heterocycles. The van der Waals surface area contributed by atoms with Gasteiger partial charge in [0.1, 0.15) is 0 Å². The number of ether oxygens (including phenoxy) is 1. The van der Waals surface area contributed by atoms with Crippen molar-refractivity contribution in [3.05, 3.63) is 43.2 Å². The molecule has 1 atom stereocenters. The van der Waals surface area contributed by atoms with Crippen molar-refractivity contribution in [1.29, 1.82) is 0 Å². The number of methoxy groups -OCH3 is 1. The van der Waals surface area contributed by atoms with Crippen LogP contribution in [0.1, 0.15) is 38.3 Å². The number of carbonyl (C=O) groups excluding carboxylic acids is 1. The van der Waals surface area contributed by atoms with Gasteiger partial charge >= 0.3 is 0 Å². The predicted octanol–water partition coefficient (Wildman–Crippen LogP) is 4.18. The second-order valence-corrected chi connectivity index (χ2v) is 8.70. The second kappa shape index (κ2) is 8.45. The van der Waals surface area contributed by atoms with Gasteiger partial charge in [-0.1, -0.05) is 11.6 Å². The molecule has 1 aliphatic heterocycles. The highest BCUT2D eigenvalue weighted by atomic mass is 35.5. The zero-order chi connectivity index (χ0) is 16.9. The standard InChI is InChI=1S/C17H21ClN2O2S2/c1-22-10-8-19-17(21)15-6-5-14(24-15)13-3-2-9-20(13)11-12-4-7-16(18)23-12/h4-7,13H,2-3,8-11H2,1H3,(H,19,21). The fraction of sp³-hybridized carbons (Fsp3) is 0.471. The average Bonchev–Trinajstić information content (AvgIpc) is 3.28. The van der Waals surface area contributed by atoms with Crippen LogP contribution in [0, 0.1) is 0 Å². The smallest absolute Gasteiger partial charge is 0.261 e. The molecule has 1 saturated heterocycles. The second-order valence-electron chi connectivity index (χ2n) is 5.79. The van der Waals surface area contributed by atoms with Crippen molar-refractivity contribution in [1.82, 2.24) is 10.2 Å². The summed E-state index contributed by atoms with van der Waals surface area (Å²) in [5.41, 5.74) is 0. The maximum absolute atomic E-state index is 12.1. The van der Waals surface area contributed by atoms with E-state index in [1.54, 1.807) is 29.8 Å². The number of nitrogens with zero attached hydrogens (tertiary/aromatic N) is 1. The van der Waals surface area contributed by atoms with E-state index in [9.17, 15) is 4.79 Å². The number of thiophene rings is 2. The Morgan fingerprint density at radius 1 is 1.38 bits per heavy atom. The average molecular weight is 385 g/mol. The molecular formula is C17H21ClN2O2S2. The monoisotopic (exact) mass is 384 g/mol. The zero-order valence-corrected chi connectivity index (χ0v) is 16.0. The molecule has 1 fully saturated rings. The van der Waals surface area contributed by atoms with Gasteiger partial charge in [-0.15, -0.1) is 22.7 Å². The lowest BCUT2D eigenvalue weighted by molar-refractivity contribution is 0.0941. The molecule has 0 saturated carbocycles. The summed E-state index contributed by atoms with van der Waals surface area (Å²) in [5, 5.41) is 2.88. The summed E-state index contributed by atoms with van der Waals surface area (Å²) in [5.74, 6) is -0.0158. The largest absolute Gasteiger partial charge is 0.383 e. The Hall–Kier alpha value is -0.920. The molecule has 0 spiro atoms. The van der Waals surface area contributed by atoms with Gasteiger partial charge in [-0.25, -0.2) is 0 Å². The third-order valence-corrected chi connectivity index (χ3v) is 6.52. The highest BCUT2D eigenvalue weighted by molar-refractivity contribution is 7.16. The first kappa shape index (κ1) is 17.9. The predicted molar refractivity (Wildman–Crippen MR) is 100 cm³/mol. The number of likely N-dealkylation sites (tertiary alicyclic amines) is 1. The summed E-state index contributed by atoms with van der Waals surface area (Å²) in [6.45, 7) is 3.09. The topological polar surface area (TPSA) is 41.6 Å². The van der Waals surface area contributed by atoms with Crippen LogP contribution in [0.5, 0.6) is 0 Å². The van der Waals surface area contributed by atoms with Gasteiger partial charge in [-0.2, -0.15) is 0 Å². The minimum Gasteiger partial charge on any atom is -0.383 e. The zero-order valence-electron chi connectivity index (χ0n) is 13.6. The first-order chi connectivity index (χ1) is 11.7. The van der Waals surface area contributed by atoms with Gasteiger partial charge in [0.25, 0.3) is 5.91 Å². The summed E-state index contributed by atoms with van der Waals surface area (Å²) in [6.07, 6.45) is 2.33. The van der Waals surface area contributed by atoms with E-state index in [-0.39, 0.29) is 5.91 Å². The first-order valence-electron chi connectivity index (χ1n) is 8.02. The van der Waals surface area contributed by atoms with Crippen molar-refractivity contribution in [3.8, 4) is 0 Å². The number of carbonyl (C=O) groups is 1.